The van der Waals surface area contributed by atoms with Crippen molar-refractivity contribution in [3.05, 3.63) is 0 Å². The zero-order chi connectivity index (χ0) is 13.8. The van der Waals surface area contributed by atoms with Gasteiger partial charge in [-0.05, 0) is 13.8 Å². The summed E-state index contributed by atoms with van der Waals surface area (Å²) in [6, 6.07) is 0. The Labute approximate surface area is 107 Å². The zero-order valence-electron chi connectivity index (χ0n) is 11.1. The Hall–Kier alpha value is -0.460. The van der Waals surface area contributed by atoms with Crippen molar-refractivity contribution in [3.63, 3.8) is 0 Å². The number of nitrogens with zero attached hydrogens (tertiary/aromatic N) is 1. The maximum Gasteiger partial charge on any atom is 0.350 e. The number of ether oxygens (including phenoxy) is 1. The van der Waals surface area contributed by atoms with E-state index in [1.54, 1.807) is 20.9 Å². The summed E-state index contributed by atoms with van der Waals surface area (Å²) in [5, 5.41) is 1.37. The Morgan fingerprint density at radius 2 is 1.94 bits per heavy atom. The van der Waals surface area contributed by atoms with E-state index >= 15 is 0 Å². The van der Waals surface area contributed by atoms with Gasteiger partial charge in [0.2, 0.25) is 6.29 Å². The summed E-state index contributed by atoms with van der Waals surface area (Å²) < 4.78 is 28.0. The van der Waals surface area contributed by atoms with E-state index in [0.717, 1.165) is 0 Å². The van der Waals surface area contributed by atoms with E-state index in [1.165, 1.54) is 12.0 Å². The summed E-state index contributed by atoms with van der Waals surface area (Å²) in [4.78, 5) is 16.1. The second kappa shape index (κ2) is 6.63. The summed E-state index contributed by atoms with van der Waals surface area (Å²) in [5.74, 6) is -1.02. The largest absolute Gasteiger partial charge is 0.434 e. The number of carbonyl (C=O) groups excluding carboxylic acids is 1. The Bertz CT molecular complexity index is 326. The molecule has 0 aromatic heterocycles. The van der Waals surface area contributed by atoms with Crippen LogP contribution in [0.4, 0.5) is 0 Å². The van der Waals surface area contributed by atoms with Gasteiger partial charge >= 0.3 is 13.6 Å². The van der Waals surface area contributed by atoms with Crippen molar-refractivity contribution in [2.75, 3.05) is 20.3 Å². The Kier molecular flexibility index (Phi) is 5.75. The van der Waals surface area contributed by atoms with Gasteiger partial charge in [-0.2, -0.15) is 5.06 Å². The molecule has 0 spiro atoms. The van der Waals surface area contributed by atoms with Crippen LogP contribution in [0.5, 0.6) is 0 Å². The molecule has 18 heavy (non-hydrogen) atoms. The lowest BCUT2D eigenvalue weighted by molar-refractivity contribution is -0.222. The van der Waals surface area contributed by atoms with Crippen LogP contribution in [0.2, 0.25) is 0 Å². The van der Waals surface area contributed by atoms with Crippen molar-refractivity contribution in [2.24, 2.45) is 0 Å². The average molecular weight is 281 g/mol. The van der Waals surface area contributed by atoms with Gasteiger partial charge in [-0.1, -0.05) is 0 Å². The molecule has 0 aromatic rings. The topological polar surface area (TPSA) is 74.3 Å². The van der Waals surface area contributed by atoms with E-state index in [2.05, 4.69) is 0 Å². The maximum absolute atomic E-state index is 12.6. The van der Waals surface area contributed by atoms with Crippen LogP contribution in [0, 0.1) is 0 Å². The number of hydroxylamine groups is 2. The molecule has 106 valence electrons. The third-order valence-electron chi connectivity index (χ3n) is 2.39. The summed E-state index contributed by atoms with van der Waals surface area (Å²) in [5.41, 5.74) is 0. The predicted molar refractivity (Wildman–Crippen MR) is 63.7 cm³/mol. The number of hydrogen-bond acceptors (Lipinski definition) is 7. The molecule has 0 radical (unpaired) electrons. The van der Waals surface area contributed by atoms with Crippen LogP contribution >= 0.6 is 7.60 Å². The molecular weight excluding hydrogens is 261 g/mol. The minimum absolute atomic E-state index is 0.257. The minimum atomic E-state index is -3.29. The molecular formula is C10H20NO6P. The van der Waals surface area contributed by atoms with E-state index < -0.39 is 25.6 Å². The number of hydrogen-bond donors (Lipinski definition) is 0. The van der Waals surface area contributed by atoms with Gasteiger partial charge in [0.25, 0.3) is 0 Å². The van der Waals surface area contributed by atoms with Gasteiger partial charge in [0.05, 0.1) is 13.2 Å². The lowest BCUT2D eigenvalue weighted by atomic mass is 10.4. The summed E-state index contributed by atoms with van der Waals surface area (Å²) in [7, 11) is -1.68. The van der Waals surface area contributed by atoms with Gasteiger partial charge in [0.15, 0.2) is 0 Å². The Morgan fingerprint density at radius 3 is 2.39 bits per heavy atom. The van der Waals surface area contributed by atoms with Gasteiger partial charge in [-0.3, -0.25) is 14.2 Å². The number of carbonyl (C=O) groups is 1. The van der Waals surface area contributed by atoms with Crippen LogP contribution in [0.25, 0.3) is 0 Å². The molecule has 1 saturated heterocycles. The molecule has 1 rings (SSSR count). The van der Waals surface area contributed by atoms with Crippen molar-refractivity contribution in [1.29, 1.82) is 0 Å². The maximum atomic E-state index is 12.6. The molecule has 1 aliphatic heterocycles. The van der Waals surface area contributed by atoms with Gasteiger partial charge in [-0.25, -0.2) is 0 Å². The van der Waals surface area contributed by atoms with E-state index in [1.807, 2.05) is 0 Å². The molecule has 1 aliphatic rings. The normalized spacial score (nSPS) is 25.3. The SMILES string of the molecule is CCOP(=O)(OCC)[C@@H]1C[C@@H](OC(C)=O)ON1C. The van der Waals surface area contributed by atoms with E-state index in [9.17, 15) is 9.36 Å². The van der Waals surface area contributed by atoms with E-state index in [4.69, 9.17) is 18.6 Å². The first-order chi connectivity index (χ1) is 8.42. The second-order valence-corrected chi connectivity index (χ2v) is 5.97. The highest BCUT2D eigenvalue weighted by molar-refractivity contribution is 7.54. The summed E-state index contributed by atoms with van der Waals surface area (Å²) >= 11 is 0. The fourth-order valence-electron chi connectivity index (χ4n) is 1.77. The smallest absolute Gasteiger partial charge is 0.350 e. The molecule has 1 heterocycles. The molecule has 7 nitrogen and oxygen atoms in total. The lowest BCUT2D eigenvalue weighted by Crippen LogP contribution is -2.25. The molecule has 8 heteroatoms. The van der Waals surface area contributed by atoms with Gasteiger partial charge < -0.3 is 13.8 Å². The van der Waals surface area contributed by atoms with Crippen molar-refractivity contribution in [2.45, 2.75) is 39.3 Å². The summed E-state index contributed by atoms with van der Waals surface area (Å²) in [6.07, 6.45) is -0.486. The highest BCUT2D eigenvalue weighted by Gasteiger charge is 2.47. The predicted octanol–water partition coefficient (Wildman–Crippen LogP) is 1.73. The highest BCUT2D eigenvalue weighted by Crippen LogP contribution is 2.57. The van der Waals surface area contributed by atoms with Crippen molar-refractivity contribution < 1.29 is 28.0 Å². The van der Waals surface area contributed by atoms with Crippen LogP contribution in [0.15, 0.2) is 0 Å². The summed E-state index contributed by atoms with van der Waals surface area (Å²) in [6.45, 7) is 5.33. The lowest BCUT2D eigenvalue weighted by Gasteiger charge is -2.25. The molecule has 2 atom stereocenters. The molecule has 0 bridgehead atoms. The quantitative estimate of drug-likeness (QED) is 0.542. The number of esters is 1. The van der Waals surface area contributed by atoms with E-state index in [0.29, 0.717) is 0 Å². The Balaban J connectivity index is 2.74. The first-order valence-corrected chi connectivity index (χ1v) is 7.49. The van der Waals surface area contributed by atoms with Crippen molar-refractivity contribution in [3.8, 4) is 0 Å². The Morgan fingerprint density at radius 1 is 1.39 bits per heavy atom. The standard InChI is InChI=1S/C10H20NO6P/c1-5-14-18(13,15-6-2)9-7-10(16-8(3)12)17-11(9)4/h9-10H,5-7H2,1-4H3/t9-,10+/m1/s1. The van der Waals surface area contributed by atoms with Gasteiger partial charge in [0.1, 0.15) is 5.78 Å². The van der Waals surface area contributed by atoms with Crippen LogP contribution in [0.1, 0.15) is 27.2 Å². The first kappa shape index (κ1) is 15.6. The van der Waals surface area contributed by atoms with Crippen molar-refractivity contribution in [1.82, 2.24) is 5.06 Å². The first-order valence-electron chi connectivity index (χ1n) is 5.88. The van der Waals surface area contributed by atoms with Crippen LogP contribution in [-0.2, 0) is 28.0 Å². The molecule has 0 aromatic carbocycles. The van der Waals surface area contributed by atoms with Gasteiger partial charge in [-0.15, -0.1) is 0 Å². The molecule has 0 amide bonds. The second-order valence-electron chi connectivity index (χ2n) is 3.78. The van der Waals surface area contributed by atoms with Crippen molar-refractivity contribution >= 4 is 13.6 Å². The third-order valence-corrected chi connectivity index (χ3v) is 4.89. The third kappa shape index (κ3) is 3.76. The fourth-order valence-corrected chi connectivity index (χ4v) is 3.79. The molecule has 0 saturated carbocycles. The minimum Gasteiger partial charge on any atom is -0.434 e. The zero-order valence-corrected chi connectivity index (χ0v) is 12.0. The fraction of sp³-hybridized carbons (Fsp3) is 0.900. The molecule has 1 fully saturated rings. The molecule has 0 unspecified atom stereocenters. The molecule has 0 aliphatic carbocycles. The molecule has 0 N–H and O–H groups in total. The average Bonchev–Trinajstić information content (AvgIpc) is 2.59. The van der Waals surface area contributed by atoms with E-state index in [-0.39, 0.29) is 19.6 Å². The van der Waals surface area contributed by atoms with Crippen LogP contribution in [-0.4, -0.2) is 43.4 Å². The van der Waals surface area contributed by atoms with Gasteiger partial charge in [0, 0.05) is 20.4 Å². The van der Waals surface area contributed by atoms with Crippen LogP contribution < -0.4 is 0 Å². The highest BCUT2D eigenvalue weighted by atomic mass is 31.2. The van der Waals surface area contributed by atoms with Crippen LogP contribution in [0.3, 0.4) is 0 Å². The monoisotopic (exact) mass is 281 g/mol. The number of rotatable bonds is 6.